The van der Waals surface area contributed by atoms with Crippen molar-refractivity contribution in [1.29, 1.82) is 0 Å². The minimum absolute atomic E-state index is 0.322. The van der Waals surface area contributed by atoms with E-state index in [0.717, 1.165) is 38.5 Å². The molecule has 0 aliphatic heterocycles. The molecular weight excluding hydrogens is 188 g/mol. The van der Waals surface area contributed by atoms with Crippen molar-refractivity contribution in [1.82, 2.24) is 0 Å². The quantitative estimate of drug-likeness (QED) is 0.669. The summed E-state index contributed by atoms with van der Waals surface area (Å²) < 4.78 is 5.63. The highest BCUT2D eigenvalue weighted by molar-refractivity contribution is 5.90. The third-order valence-electron chi connectivity index (χ3n) is 4.23. The lowest BCUT2D eigenvalue weighted by Gasteiger charge is -2.36. The second-order valence-electron chi connectivity index (χ2n) is 5.10. The SMILES string of the molecule is COC1(C(=O)C2CCC2)CCCCCC1. The number of carbonyl (C=O) groups excluding carboxylic acids is 1. The van der Waals surface area contributed by atoms with Crippen LogP contribution in [0.15, 0.2) is 0 Å². The van der Waals surface area contributed by atoms with Crippen molar-refractivity contribution >= 4 is 5.78 Å². The Labute approximate surface area is 92.4 Å². The topological polar surface area (TPSA) is 26.3 Å². The molecule has 15 heavy (non-hydrogen) atoms. The van der Waals surface area contributed by atoms with Crippen LogP contribution in [0.4, 0.5) is 0 Å². The number of ketones is 1. The van der Waals surface area contributed by atoms with Gasteiger partial charge in [-0.25, -0.2) is 0 Å². The Bertz CT molecular complexity index is 223. The molecule has 0 unspecified atom stereocenters. The summed E-state index contributed by atoms with van der Waals surface area (Å²) >= 11 is 0. The predicted molar refractivity (Wildman–Crippen MR) is 59.8 cm³/mol. The van der Waals surface area contributed by atoms with Gasteiger partial charge in [0.15, 0.2) is 5.78 Å². The maximum atomic E-state index is 12.4. The van der Waals surface area contributed by atoms with Crippen molar-refractivity contribution in [2.75, 3.05) is 7.11 Å². The van der Waals surface area contributed by atoms with Crippen molar-refractivity contribution in [3.63, 3.8) is 0 Å². The van der Waals surface area contributed by atoms with Crippen LogP contribution < -0.4 is 0 Å². The molecule has 86 valence electrons. The Morgan fingerprint density at radius 3 is 2.07 bits per heavy atom. The molecule has 0 heterocycles. The zero-order valence-electron chi connectivity index (χ0n) is 9.76. The Hall–Kier alpha value is -0.370. The standard InChI is InChI=1S/C13H22O2/c1-15-13(9-4-2-3-5-10-13)12(14)11-7-6-8-11/h11H,2-10H2,1H3. The minimum atomic E-state index is -0.401. The summed E-state index contributed by atoms with van der Waals surface area (Å²) in [5.41, 5.74) is -0.401. The first kappa shape index (κ1) is 11.1. The van der Waals surface area contributed by atoms with Gasteiger partial charge in [-0.15, -0.1) is 0 Å². The first-order valence-corrected chi connectivity index (χ1v) is 6.38. The highest BCUT2D eigenvalue weighted by Gasteiger charge is 2.43. The first-order chi connectivity index (χ1) is 7.28. The molecule has 0 aromatic carbocycles. The average Bonchev–Trinajstić information content (AvgIpc) is 2.40. The molecule has 0 atom stereocenters. The summed E-state index contributed by atoms with van der Waals surface area (Å²) in [5.74, 6) is 0.737. The molecule has 0 aromatic rings. The molecule has 0 N–H and O–H groups in total. The molecule has 2 nitrogen and oxygen atoms in total. The molecule has 0 radical (unpaired) electrons. The van der Waals surface area contributed by atoms with Crippen LogP contribution in [0.3, 0.4) is 0 Å². The van der Waals surface area contributed by atoms with Crippen LogP contribution in [0.5, 0.6) is 0 Å². The zero-order valence-corrected chi connectivity index (χ0v) is 9.76. The molecule has 0 saturated heterocycles. The lowest BCUT2D eigenvalue weighted by molar-refractivity contribution is -0.149. The van der Waals surface area contributed by atoms with Crippen LogP contribution in [0.25, 0.3) is 0 Å². The fourth-order valence-corrected chi connectivity index (χ4v) is 2.89. The lowest BCUT2D eigenvalue weighted by Crippen LogP contribution is -2.45. The van der Waals surface area contributed by atoms with E-state index in [1.807, 2.05) is 0 Å². The number of carbonyl (C=O) groups is 1. The summed E-state index contributed by atoms with van der Waals surface area (Å²) in [6, 6.07) is 0. The maximum absolute atomic E-state index is 12.4. The predicted octanol–water partition coefficient (Wildman–Crippen LogP) is 3.10. The summed E-state index contributed by atoms with van der Waals surface area (Å²) in [6.07, 6.45) is 10.2. The molecule has 2 heteroatoms. The molecule has 2 aliphatic rings. The van der Waals surface area contributed by atoms with Crippen LogP contribution in [0, 0.1) is 5.92 Å². The molecule has 2 rings (SSSR count). The van der Waals surface area contributed by atoms with Gasteiger partial charge in [-0.3, -0.25) is 4.79 Å². The van der Waals surface area contributed by atoms with E-state index in [9.17, 15) is 4.79 Å². The van der Waals surface area contributed by atoms with Crippen molar-refractivity contribution in [3.8, 4) is 0 Å². The van der Waals surface area contributed by atoms with Gasteiger partial charge >= 0.3 is 0 Å². The molecule has 2 saturated carbocycles. The highest BCUT2D eigenvalue weighted by atomic mass is 16.5. The number of Topliss-reactive ketones (excluding diaryl/α,β-unsaturated/α-hetero) is 1. The number of hydrogen-bond acceptors (Lipinski definition) is 2. The number of hydrogen-bond donors (Lipinski definition) is 0. The van der Waals surface area contributed by atoms with E-state index in [1.54, 1.807) is 7.11 Å². The van der Waals surface area contributed by atoms with Gasteiger partial charge in [-0.05, 0) is 25.7 Å². The van der Waals surface area contributed by atoms with Gasteiger partial charge in [0.05, 0.1) is 0 Å². The van der Waals surface area contributed by atoms with E-state index in [0.29, 0.717) is 11.7 Å². The fraction of sp³-hybridized carbons (Fsp3) is 0.923. The normalized spacial score (nSPS) is 26.7. The van der Waals surface area contributed by atoms with Crippen molar-refractivity contribution < 1.29 is 9.53 Å². The Morgan fingerprint density at radius 1 is 1.07 bits per heavy atom. The van der Waals surface area contributed by atoms with Crippen LogP contribution in [-0.4, -0.2) is 18.5 Å². The molecular formula is C13H22O2. The van der Waals surface area contributed by atoms with Gasteiger partial charge in [0.1, 0.15) is 5.60 Å². The monoisotopic (exact) mass is 210 g/mol. The fourth-order valence-electron chi connectivity index (χ4n) is 2.89. The average molecular weight is 210 g/mol. The first-order valence-electron chi connectivity index (χ1n) is 6.38. The molecule has 2 aliphatic carbocycles. The van der Waals surface area contributed by atoms with Gasteiger partial charge in [-0.1, -0.05) is 32.1 Å². The Balaban J connectivity index is 2.06. The summed E-state index contributed by atoms with van der Waals surface area (Å²) in [7, 11) is 1.72. The largest absolute Gasteiger partial charge is 0.370 e. The minimum Gasteiger partial charge on any atom is -0.370 e. The third kappa shape index (κ3) is 2.10. The van der Waals surface area contributed by atoms with Gasteiger partial charge in [-0.2, -0.15) is 0 Å². The van der Waals surface area contributed by atoms with Crippen molar-refractivity contribution in [2.24, 2.45) is 5.92 Å². The molecule has 0 amide bonds. The van der Waals surface area contributed by atoms with Gasteiger partial charge in [0.25, 0.3) is 0 Å². The van der Waals surface area contributed by atoms with E-state index in [1.165, 1.54) is 19.3 Å². The molecule has 0 spiro atoms. The van der Waals surface area contributed by atoms with E-state index < -0.39 is 5.60 Å². The van der Waals surface area contributed by atoms with Crippen molar-refractivity contribution in [2.45, 2.75) is 63.4 Å². The Kier molecular flexibility index (Phi) is 3.45. The zero-order chi connectivity index (χ0) is 10.7. The third-order valence-corrected chi connectivity index (χ3v) is 4.23. The Morgan fingerprint density at radius 2 is 1.67 bits per heavy atom. The van der Waals surface area contributed by atoms with Crippen molar-refractivity contribution in [3.05, 3.63) is 0 Å². The van der Waals surface area contributed by atoms with Crippen LogP contribution in [0.2, 0.25) is 0 Å². The molecule has 2 fully saturated rings. The highest BCUT2D eigenvalue weighted by Crippen LogP contribution is 2.38. The molecule has 0 bridgehead atoms. The second-order valence-corrected chi connectivity index (χ2v) is 5.10. The van der Waals surface area contributed by atoms with Gasteiger partial charge in [0, 0.05) is 13.0 Å². The smallest absolute Gasteiger partial charge is 0.167 e. The van der Waals surface area contributed by atoms with E-state index in [-0.39, 0.29) is 0 Å². The second kappa shape index (κ2) is 4.65. The van der Waals surface area contributed by atoms with Gasteiger partial charge < -0.3 is 4.74 Å². The number of methoxy groups -OCH3 is 1. The number of ether oxygens (including phenoxy) is 1. The molecule has 0 aromatic heterocycles. The summed E-state index contributed by atoms with van der Waals surface area (Å²) in [6.45, 7) is 0. The summed E-state index contributed by atoms with van der Waals surface area (Å²) in [4.78, 5) is 12.4. The lowest BCUT2D eigenvalue weighted by atomic mass is 9.73. The number of rotatable bonds is 3. The van der Waals surface area contributed by atoms with E-state index in [2.05, 4.69) is 0 Å². The van der Waals surface area contributed by atoms with Crippen LogP contribution in [0.1, 0.15) is 57.8 Å². The van der Waals surface area contributed by atoms with E-state index in [4.69, 9.17) is 4.74 Å². The maximum Gasteiger partial charge on any atom is 0.167 e. The van der Waals surface area contributed by atoms with E-state index >= 15 is 0 Å². The van der Waals surface area contributed by atoms with Crippen LogP contribution in [-0.2, 0) is 9.53 Å². The van der Waals surface area contributed by atoms with Gasteiger partial charge in [0.2, 0.25) is 0 Å². The summed E-state index contributed by atoms with van der Waals surface area (Å²) in [5, 5.41) is 0. The van der Waals surface area contributed by atoms with Crippen LogP contribution >= 0.6 is 0 Å².